The van der Waals surface area contributed by atoms with Gasteiger partial charge in [0.2, 0.25) is 0 Å². The predicted molar refractivity (Wildman–Crippen MR) is 209 cm³/mol. The zero-order chi connectivity index (χ0) is 33.6. The van der Waals surface area contributed by atoms with Gasteiger partial charge in [-0.15, -0.1) is 0 Å². The van der Waals surface area contributed by atoms with Crippen molar-refractivity contribution in [2.45, 2.75) is 0 Å². The number of nitrogens with zero attached hydrogens (tertiary/aromatic N) is 4. The number of hydrogen-bond acceptors (Lipinski definition) is 2. The summed E-state index contributed by atoms with van der Waals surface area (Å²) in [6.07, 6.45) is 0. The van der Waals surface area contributed by atoms with Gasteiger partial charge in [-0.1, -0.05) is 109 Å². The zero-order valence-electron chi connectivity index (χ0n) is 27.3. The van der Waals surface area contributed by atoms with Crippen molar-refractivity contribution in [3.05, 3.63) is 169 Å². The molecule has 238 valence electrons. The zero-order valence-corrected chi connectivity index (χ0v) is 27.3. The molecule has 6 nitrogen and oxygen atoms in total. The highest BCUT2D eigenvalue weighted by molar-refractivity contribution is 6.33. The van der Waals surface area contributed by atoms with Crippen LogP contribution in [0.4, 0.5) is 0 Å². The smallest absolute Gasteiger partial charge is 0.159 e. The maximum absolute atomic E-state index is 9.55. The summed E-state index contributed by atoms with van der Waals surface area (Å²) in [5, 5.41) is 16.8. The van der Waals surface area contributed by atoms with Crippen LogP contribution in [0.15, 0.2) is 163 Å². The molecule has 6 heteroatoms. The molecule has 4 heterocycles. The van der Waals surface area contributed by atoms with E-state index in [4.69, 9.17) is 9.98 Å². The van der Waals surface area contributed by atoms with E-state index >= 15 is 0 Å². The number of fused-ring (bicyclic) bond motifs is 7. The molecule has 7 aromatic carbocycles. The SMILES string of the molecule is N=C(N=c1[nH]c2ccccc2nc1-c1ccccc1)c1ccccc1-n1c2cccc3c4ccccc4n4c5ccccc5c5ccc1c(c32)c54. The summed E-state index contributed by atoms with van der Waals surface area (Å²) in [5.41, 5.74) is 11.3. The summed E-state index contributed by atoms with van der Waals surface area (Å²) in [4.78, 5) is 13.5. The lowest BCUT2D eigenvalue weighted by Crippen LogP contribution is -2.17. The Morgan fingerprint density at radius 2 is 1.20 bits per heavy atom. The molecule has 11 aromatic rings. The van der Waals surface area contributed by atoms with Crippen molar-refractivity contribution in [2.24, 2.45) is 4.99 Å². The van der Waals surface area contributed by atoms with Crippen LogP contribution in [-0.4, -0.2) is 24.8 Å². The van der Waals surface area contributed by atoms with Crippen molar-refractivity contribution in [3.8, 4) is 16.9 Å². The number of para-hydroxylation sites is 5. The van der Waals surface area contributed by atoms with E-state index in [0.717, 1.165) is 38.9 Å². The minimum absolute atomic E-state index is 0.148. The molecule has 0 fully saturated rings. The molecular formula is C45H28N6. The molecule has 0 radical (unpaired) electrons. The van der Waals surface area contributed by atoms with Gasteiger partial charge in [-0.05, 0) is 53.9 Å². The number of nitrogens with one attached hydrogen (secondary N) is 2. The number of aromatic amines is 1. The maximum atomic E-state index is 9.55. The Kier molecular flexibility index (Phi) is 5.72. The Bertz CT molecular complexity index is 3270. The number of H-pyrrole nitrogens is 1. The van der Waals surface area contributed by atoms with E-state index in [1.54, 1.807) is 0 Å². The van der Waals surface area contributed by atoms with E-state index in [9.17, 15) is 5.41 Å². The number of benzene rings is 7. The molecule has 51 heavy (non-hydrogen) atoms. The summed E-state index contributed by atoms with van der Waals surface area (Å²) in [7, 11) is 0. The van der Waals surface area contributed by atoms with Crippen LogP contribution in [0, 0.1) is 5.41 Å². The summed E-state index contributed by atoms with van der Waals surface area (Å²) >= 11 is 0. The van der Waals surface area contributed by atoms with Gasteiger partial charge in [-0.25, -0.2) is 9.98 Å². The van der Waals surface area contributed by atoms with Crippen LogP contribution in [0.3, 0.4) is 0 Å². The van der Waals surface area contributed by atoms with Gasteiger partial charge >= 0.3 is 0 Å². The first kappa shape index (κ1) is 27.9. The van der Waals surface area contributed by atoms with Crippen LogP contribution in [-0.2, 0) is 0 Å². The van der Waals surface area contributed by atoms with Crippen LogP contribution in [0.5, 0.6) is 0 Å². The second-order valence-corrected chi connectivity index (χ2v) is 13.1. The number of aromatic nitrogens is 4. The van der Waals surface area contributed by atoms with Crippen LogP contribution < -0.4 is 5.49 Å². The van der Waals surface area contributed by atoms with Crippen molar-refractivity contribution < 1.29 is 0 Å². The lowest BCUT2D eigenvalue weighted by atomic mass is 10.0. The second-order valence-electron chi connectivity index (χ2n) is 13.1. The van der Waals surface area contributed by atoms with E-state index in [-0.39, 0.29) is 5.84 Å². The van der Waals surface area contributed by atoms with Gasteiger partial charge in [0.15, 0.2) is 11.3 Å². The molecular weight excluding hydrogens is 625 g/mol. The molecule has 0 aliphatic heterocycles. The molecule has 2 N–H and O–H groups in total. The van der Waals surface area contributed by atoms with E-state index < -0.39 is 0 Å². The first-order valence-corrected chi connectivity index (χ1v) is 17.1. The fourth-order valence-corrected chi connectivity index (χ4v) is 8.19. The quantitative estimate of drug-likeness (QED) is 0.145. The maximum Gasteiger partial charge on any atom is 0.159 e. The average molecular weight is 653 g/mol. The highest BCUT2D eigenvalue weighted by Gasteiger charge is 2.24. The van der Waals surface area contributed by atoms with Gasteiger partial charge in [0, 0.05) is 38.1 Å². The van der Waals surface area contributed by atoms with E-state index in [1.165, 1.54) is 48.9 Å². The van der Waals surface area contributed by atoms with Gasteiger partial charge in [0.25, 0.3) is 0 Å². The lowest BCUT2D eigenvalue weighted by molar-refractivity contribution is 1.13. The van der Waals surface area contributed by atoms with E-state index in [1.807, 2.05) is 72.8 Å². The molecule has 0 bridgehead atoms. The third-order valence-electron chi connectivity index (χ3n) is 10.3. The minimum Gasteiger partial charge on any atom is -0.337 e. The normalized spacial score (nSPS) is 12.5. The van der Waals surface area contributed by atoms with Gasteiger partial charge < -0.3 is 14.0 Å². The van der Waals surface area contributed by atoms with Crippen LogP contribution in [0.2, 0.25) is 0 Å². The standard InChI is InChI=1S/C45H28N6/c46-44(49-45-42(27-13-2-1-3-14-27)47-33-19-7-8-20-34(33)48-45)32-17-6-11-23-37(32)50-38-24-12-18-30-28-15-4-9-21-35(28)51-36-22-10-5-16-29(36)31-25-26-39(50)41(40(30)38)43(31)51/h1-26H,(H2,46,48,49). The average Bonchev–Trinajstić information content (AvgIpc) is 3.66. The van der Waals surface area contributed by atoms with E-state index in [0.29, 0.717) is 11.2 Å². The summed E-state index contributed by atoms with van der Waals surface area (Å²) < 4.78 is 4.77. The first-order valence-electron chi connectivity index (χ1n) is 17.1. The fraction of sp³-hybridized carbons (Fsp3) is 0. The third-order valence-corrected chi connectivity index (χ3v) is 10.3. The molecule has 0 atom stereocenters. The molecule has 11 rings (SSSR count). The second kappa shape index (κ2) is 10.5. The Morgan fingerprint density at radius 1 is 0.549 bits per heavy atom. The fourth-order valence-electron chi connectivity index (χ4n) is 8.19. The van der Waals surface area contributed by atoms with Crippen LogP contribution in [0.25, 0.3) is 87.9 Å². The van der Waals surface area contributed by atoms with Crippen molar-refractivity contribution in [1.29, 1.82) is 5.41 Å². The van der Waals surface area contributed by atoms with Gasteiger partial charge in [0.05, 0.1) is 44.3 Å². The summed E-state index contributed by atoms with van der Waals surface area (Å²) in [6.45, 7) is 0. The highest BCUT2D eigenvalue weighted by Crippen LogP contribution is 2.45. The summed E-state index contributed by atoms with van der Waals surface area (Å²) in [5.74, 6) is 0.148. The molecule has 0 aliphatic carbocycles. The minimum atomic E-state index is 0.148. The molecule has 0 unspecified atom stereocenters. The summed E-state index contributed by atoms with van der Waals surface area (Å²) in [6, 6.07) is 54.7. The predicted octanol–water partition coefficient (Wildman–Crippen LogP) is 10.4. The van der Waals surface area contributed by atoms with E-state index in [2.05, 4.69) is 98.9 Å². The molecule has 0 aliphatic rings. The van der Waals surface area contributed by atoms with Crippen LogP contribution >= 0.6 is 0 Å². The Hall–Kier alpha value is -7.05. The Morgan fingerprint density at radius 3 is 2.04 bits per heavy atom. The molecule has 0 saturated carbocycles. The third kappa shape index (κ3) is 3.90. The van der Waals surface area contributed by atoms with Gasteiger partial charge in [-0.3, -0.25) is 5.41 Å². The van der Waals surface area contributed by atoms with Crippen molar-refractivity contribution >= 4 is 76.8 Å². The molecule has 0 saturated heterocycles. The van der Waals surface area contributed by atoms with Crippen molar-refractivity contribution in [3.63, 3.8) is 0 Å². The number of amidine groups is 1. The van der Waals surface area contributed by atoms with Gasteiger partial charge in [-0.2, -0.15) is 0 Å². The van der Waals surface area contributed by atoms with Crippen LogP contribution in [0.1, 0.15) is 5.56 Å². The lowest BCUT2D eigenvalue weighted by Gasteiger charge is -2.13. The molecule has 4 aromatic heterocycles. The Balaban J connectivity index is 1.23. The molecule has 0 spiro atoms. The Labute approximate surface area is 291 Å². The van der Waals surface area contributed by atoms with Gasteiger partial charge in [0.1, 0.15) is 5.69 Å². The van der Waals surface area contributed by atoms with Crippen molar-refractivity contribution in [1.82, 2.24) is 18.9 Å². The molecule has 0 amide bonds. The number of rotatable bonds is 3. The largest absolute Gasteiger partial charge is 0.337 e. The first-order chi connectivity index (χ1) is 25.2. The highest BCUT2D eigenvalue weighted by atomic mass is 15.0. The number of hydrogen-bond donors (Lipinski definition) is 2. The monoisotopic (exact) mass is 652 g/mol. The topological polar surface area (TPSA) is 74.2 Å². The van der Waals surface area contributed by atoms with Crippen molar-refractivity contribution in [2.75, 3.05) is 0 Å².